The number of benzene rings is 1. The van der Waals surface area contributed by atoms with E-state index in [4.69, 9.17) is 26.8 Å². The molecule has 2 fully saturated rings. The Bertz CT molecular complexity index is 465. The van der Waals surface area contributed by atoms with Crippen LogP contribution < -0.4 is 10.5 Å². The second-order valence-electron chi connectivity index (χ2n) is 5.69. The van der Waals surface area contributed by atoms with E-state index in [2.05, 4.69) is 13.0 Å². The molecule has 2 unspecified atom stereocenters. The number of ether oxygens (including phenoxy) is 2. The first-order valence-electron chi connectivity index (χ1n) is 6.92. The van der Waals surface area contributed by atoms with E-state index in [1.54, 1.807) is 0 Å². The maximum atomic E-state index is 6.34. The second-order valence-corrected chi connectivity index (χ2v) is 6.10. The van der Waals surface area contributed by atoms with Gasteiger partial charge in [0, 0.05) is 17.9 Å². The molecular formula is C15H20ClNO2. The molecule has 1 saturated carbocycles. The fourth-order valence-electron chi connectivity index (χ4n) is 2.83. The first kappa shape index (κ1) is 13.2. The van der Waals surface area contributed by atoms with Gasteiger partial charge in [-0.25, -0.2) is 0 Å². The number of nitrogens with two attached hydrogens (primary N) is 1. The average Bonchev–Trinajstić information content (AvgIpc) is 3.05. The Morgan fingerprint density at radius 2 is 2.26 bits per heavy atom. The van der Waals surface area contributed by atoms with E-state index in [9.17, 15) is 0 Å². The SMILES string of the molecule is CC(N)C1(c2ccc(OC3CCOC3)c(Cl)c2)CC1. The summed E-state index contributed by atoms with van der Waals surface area (Å²) in [6, 6.07) is 6.26. The Kier molecular flexibility index (Phi) is 3.46. The fraction of sp³-hybridized carbons (Fsp3) is 0.600. The lowest BCUT2D eigenvalue weighted by atomic mass is 9.89. The van der Waals surface area contributed by atoms with Crippen molar-refractivity contribution < 1.29 is 9.47 Å². The van der Waals surface area contributed by atoms with Crippen molar-refractivity contribution in [2.24, 2.45) is 5.73 Å². The zero-order chi connectivity index (χ0) is 13.5. The van der Waals surface area contributed by atoms with Crippen LogP contribution >= 0.6 is 11.6 Å². The van der Waals surface area contributed by atoms with E-state index in [1.807, 2.05) is 12.1 Å². The summed E-state index contributed by atoms with van der Waals surface area (Å²) in [6.45, 7) is 3.50. The van der Waals surface area contributed by atoms with Crippen molar-refractivity contribution in [2.45, 2.75) is 43.7 Å². The lowest BCUT2D eigenvalue weighted by Gasteiger charge is -2.21. The Hall–Kier alpha value is -0.770. The molecule has 104 valence electrons. The fourth-order valence-corrected chi connectivity index (χ4v) is 3.06. The lowest BCUT2D eigenvalue weighted by Crippen LogP contribution is -2.31. The Balaban J connectivity index is 1.78. The predicted octanol–water partition coefficient (Wildman–Crippen LogP) is 2.89. The first-order chi connectivity index (χ1) is 9.12. The summed E-state index contributed by atoms with van der Waals surface area (Å²) in [4.78, 5) is 0. The van der Waals surface area contributed by atoms with Gasteiger partial charge in [-0.05, 0) is 37.5 Å². The van der Waals surface area contributed by atoms with Crippen LogP contribution in [0.3, 0.4) is 0 Å². The molecule has 0 amide bonds. The molecule has 2 N–H and O–H groups in total. The third-order valence-electron chi connectivity index (χ3n) is 4.35. The van der Waals surface area contributed by atoms with Crippen LogP contribution in [-0.4, -0.2) is 25.4 Å². The minimum atomic E-state index is 0.131. The Labute approximate surface area is 119 Å². The van der Waals surface area contributed by atoms with Gasteiger partial charge >= 0.3 is 0 Å². The van der Waals surface area contributed by atoms with Crippen molar-refractivity contribution in [3.63, 3.8) is 0 Å². The van der Waals surface area contributed by atoms with E-state index in [1.165, 1.54) is 5.56 Å². The van der Waals surface area contributed by atoms with E-state index in [0.717, 1.165) is 31.6 Å². The predicted molar refractivity (Wildman–Crippen MR) is 75.9 cm³/mol. The molecule has 4 heteroatoms. The summed E-state index contributed by atoms with van der Waals surface area (Å²) in [5, 5.41) is 0.677. The van der Waals surface area contributed by atoms with Gasteiger partial charge in [-0.2, -0.15) is 0 Å². The molecule has 2 atom stereocenters. The van der Waals surface area contributed by atoms with Crippen LogP contribution in [0.2, 0.25) is 5.02 Å². The number of hydrogen-bond acceptors (Lipinski definition) is 3. The Morgan fingerprint density at radius 3 is 2.79 bits per heavy atom. The highest BCUT2D eigenvalue weighted by atomic mass is 35.5. The van der Waals surface area contributed by atoms with E-state index < -0.39 is 0 Å². The monoisotopic (exact) mass is 281 g/mol. The van der Waals surface area contributed by atoms with Gasteiger partial charge < -0.3 is 15.2 Å². The van der Waals surface area contributed by atoms with Crippen molar-refractivity contribution in [3.05, 3.63) is 28.8 Å². The molecular weight excluding hydrogens is 262 g/mol. The van der Waals surface area contributed by atoms with Crippen molar-refractivity contribution in [3.8, 4) is 5.75 Å². The van der Waals surface area contributed by atoms with Crippen LogP contribution in [-0.2, 0) is 10.2 Å². The highest BCUT2D eigenvalue weighted by molar-refractivity contribution is 6.32. The molecule has 0 spiro atoms. The van der Waals surface area contributed by atoms with Crippen LogP contribution in [0.25, 0.3) is 0 Å². The molecule has 0 aromatic heterocycles. The van der Waals surface area contributed by atoms with Gasteiger partial charge in [0.1, 0.15) is 11.9 Å². The van der Waals surface area contributed by atoms with Crippen molar-refractivity contribution >= 4 is 11.6 Å². The van der Waals surface area contributed by atoms with Gasteiger partial charge in [0.2, 0.25) is 0 Å². The summed E-state index contributed by atoms with van der Waals surface area (Å²) in [6.07, 6.45) is 3.36. The van der Waals surface area contributed by atoms with Crippen LogP contribution in [0.1, 0.15) is 31.7 Å². The number of halogens is 1. The van der Waals surface area contributed by atoms with Gasteiger partial charge in [-0.3, -0.25) is 0 Å². The normalized spacial score (nSPS) is 26.2. The van der Waals surface area contributed by atoms with Gasteiger partial charge in [-0.15, -0.1) is 0 Å². The van der Waals surface area contributed by atoms with E-state index in [0.29, 0.717) is 11.6 Å². The van der Waals surface area contributed by atoms with E-state index >= 15 is 0 Å². The van der Waals surface area contributed by atoms with Gasteiger partial charge in [0.25, 0.3) is 0 Å². The summed E-state index contributed by atoms with van der Waals surface area (Å²) in [7, 11) is 0. The molecule has 1 saturated heterocycles. The molecule has 0 bridgehead atoms. The largest absolute Gasteiger partial charge is 0.486 e. The minimum absolute atomic E-state index is 0.131. The molecule has 2 aliphatic rings. The lowest BCUT2D eigenvalue weighted by molar-refractivity contribution is 0.141. The van der Waals surface area contributed by atoms with Crippen LogP contribution in [0, 0.1) is 0 Å². The maximum Gasteiger partial charge on any atom is 0.138 e. The highest BCUT2D eigenvalue weighted by Gasteiger charge is 2.47. The molecule has 1 aliphatic carbocycles. The minimum Gasteiger partial charge on any atom is -0.486 e. The maximum absolute atomic E-state index is 6.34. The smallest absolute Gasteiger partial charge is 0.138 e. The first-order valence-corrected chi connectivity index (χ1v) is 7.30. The summed E-state index contributed by atoms with van der Waals surface area (Å²) in [5.74, 6) is 0.751. The molecule has 1 heterocycles. The molecule has 0 radical (unpaired) electrons. The summed E-state index contributed by atoms with van der Waals surface area (Å²) < 4.78 is 11.2. The molecule has 1 aromatic carbocycles. The van der Waals surface area contributed by atoms with Crippen LogP contribution in [0.15, 0.2) is 18.2 Å². The molecule has 3 nitrogen and oxygen atoms in total. The van der Waals surface area contributed by atoms with Crippen molar-refractivity contribution in [1.29, 1.82) is 0 Å². The third kappa shape index (κ3) is 2.47. The standard InChI is InChI=1S/C15H20ClNO2/c1-10(17)15(5-6-15)11-2-3-14(13(16)8-11)19-12-4-7-18-9-12/h2-3,8,10,12H,4-7,9,17H2,1H3. The Morgan fingerprint density at radius 1 is 1.47 bits per heavy atom. The second kappa shape index (κ2) is 4.97. The summed E-state index contributed by atoms with van der Waals surface area (Å²) in [5.41, 5.74) is 7.47. The summed E-state index contributed by atoms with van der Waals surface area (Å²) >= 11 is 6.34. The van der Waals surface area contributed by atoms with Gasteiger partial charge in [0.05, 0.1) is 18.2 Å². The topological polar surface area (TPSA) is 44.5 Å². The van der Waals surface area contributed by atoms with Gasteiger partial charge in [-0.1, -0.05) is 17.7 Å². The number of rotatable bonds is 4. The average molecular weight is 282 g/mol. The zero-order valence-electron chi connectivity index (χ0n) is 11.2. The third-order valence-corrected chi connectivity index (χ3v) is 4.64. The van der Waals surface area contributed by atoms with Crippen molar-refractivity contribution in [2.75, 3.05) is 13.2 Å². The zero-order valence-corrected chi connectivity index (χ0v) is 12.0. The van der Waals surface area contributed by atoms with E-state index in [-0.39, 0.29) is 17.6 Å². The highest BCUT2D eigenvalue weighted by Crippen LogP contribution is 2.51. The number of hydrogen-bond donors (Lipinski definition) is 1. The molecule has 3 rings (SSSR count). The molecule has 1 aromatic rings. The van der Waals surface area contributed by atoms with Crippen LogP contribution in [0.5, 0.6) is 5.75 Å². The van der Waals surface area contributed by atoms with Gasteiger partial charge in [0.15, 0.2) is 0 Å². The van der Waals surface area contributed by atoms with Crippen molar-refractivity contribution in [1.82, 2.24) is 0 Å². The molecule has 1 aliphatic heterocycles. The van der Waals surface area contributed by atoms with Crippen LogP contribution in [0.4, 0.5) is 0 Å². The quantitative estimate of drug-likeness (QED) is 0.923. The molecule has 19 heavy (non-hydrogen) atoms.